The maximum atomic E-state index is 3.26. The Balaban J connectivity index is 2.23. The molecule has 0 unspecified atom stereocenters. The van der Waals surface area contributed by atoms with E-state index in [-0.39, 0.29) is 0 Å². The van der Waals surface area contributed by atoms with Gasteiger partial charge in [-0.15, -0.1) is 0 Å². The Labute approximate surface area is 78.2 Å². The minimum absolute atomic E-state index is 1.15. The van der Waals surface area contributed by atoms with E-state index in [1.165, 1.54) is 12.0 Å². The lowest BCUT2D eigenvalue weighted by molar-refractivity contribution is 0.923. The normalized spacial score (nSPS) is 10.5. The van der Waals surface area contributed by atoms with Crippen LogP contribution in [0.4, 0.5) is 0 Å². The molecule has 0 aliphatic rings. The molecule has 2 heterocycles. The van der Waals surface area contributed by atoms with Gasteiger partial charge in [0.2, 0.25) is 0 Å². The van der Waals surface area contributed by atoms with Crippen LogP contribution >= 0.6 is 0 Å². The zero-order chi connectivity index (χ0) is 9.10. The van der Waals surface area contributed by atoms with E-state index in [1.807, 2.05) is 24.5 Å². The molecule has 0 bridgehead atoms. The van der Waals surface area contributed by atoms with Crippen molar-refractivity contribution in [1.29, 1.82) is 0 Å². The van der Waals surface area contributed by atoms with Crippen molar-refractivity contribution in [2.24, 2.45) is 0 Å². The van der Waals surface area contributed by atoms with Crippen molar-refractivity contribution in [2.75, 3.05) is 0 Å². The summed E-state index contributed by atoms with van der Waals surface area (Å²) in [6.45, 7) is 2.20. The fourth-order valence-corrected chi connectivity index (χ4v) is 1.50. The topological polar surface area (TPSA) is 20.7 Å². The van der Waals surface area contributed by atoms with E-state index in [0.717, 1.165) is 12.2 Å². The van der Waals surface area contributed by atoms with Gasteiger partial charge in [0.05, 0.1) is 0 Å². The number of rotatable bonds is 3. The Kier molecular flexibility index (Phi) is 2.21. The molecular formula is C11H14N2. The summed E-state index contributed by atoms with van der Waals surface area (Å²) in [6, 6.07) is 6.25. The van der Waals surface area contributed by atoms with Gasteiger partial charge < -0.3 is 9.55 Å². The molecule has 0 amide bonds. The Morgan fingerprint density at radius 2 is 2.08 bits per heavy atom. The van der Waals surface area contributed by atoms with E-state index in [2.05, 4.69) is 28.7 Å². The van der Waals surface area contributed by atoms with Crippen LogP contribution in [0, 0.1) is 0 Å². The highest BCUT2D eigenvalue weighted by Gasteiger charge is 1.98. The Bertz CT molecular complexity index is 357. The van der Waals surface area contributed by atoms with Crippen LogP contribution in [0.5, 0.6) is 0 Å². The standard InChI is InChI=1S/C11H14N2/c1-2-5-10-8-11(12-9-10)13-6-3-4-7-13/h3-4,6-9,12H,2,5H2,1H3. The summed E-state index contributed by atoms with van der Waals surface area (Å²) in [6.07, 6.45) is 8.52. The van der Waals surface area contributed by atoms with Crippen molar-refractivity contribution >= 4 is 0 Å². The molecule has 13 heavy (non-hydrogen) atoms. The van der Waals surface area contributed by atoms with E-state index in [1.54, 1.807) is 0 Å². The summed E-state index contributed by atoms with van der Waals surface area (Å²) in [4.78, 5) is 3.26. The second kappa shape index (κ2) is 3.52. The van der Waals surface area contributed by atoms with E-state index in [9.17, 15) is 0 Å². The first-order chi connectivity index (χ1) is 6.40. The monoisotopic (exact) mass is 174 g/mol. The Morgan fingerprint density at radius 1 is 1.31 bits per heavy atom. The molecule has 0 aliphatic carbocycles. The van der Waals surface area contributed by atoms with Crippen molar-refractivity contribution in [3.63, 3.8) is 0 Å². The number of hydrogen-bond donors (Lipinski definition) is 1. The lowest BCUT2D eigenvalue weighted by Crippen LogP contribution is -1.87. The summed E-state index contributed by atoms with van der Waals surface area (Å²) < 4.78 is 2.08. The molecular weight excluding hydrogens is 160 g/mol. The zero-order valence-corrected chi connectivity index (χ0v) is 7.83. The smallest absolute Gasteiger partial charge is 0.114 e. The molecule has 0 aromatic carbocycles. The summed E-state index contributed by atoms with van der Waals surface area (Å²) in [7, 11) is 0. The second-order valence-electron chi connectivity index (χ2n) is 3.23. The molecule has 0 spiro atoms. The number of H-pyrrole nitrogens is 1. The van der Waals surface area contributed by atoms with Crippen molar-refractivity contribution in [3.8, 4) is 5.82 Å². The molecule has 2 aromatic heterocycles. The number of nitrogens with zero attached hydrogens (tertiary/aromatic N) is 1. The minimum atomic E-state index is 1.15. The quantitative estimate of drug-likeness (QED) is 0.738. The van der Waals surface area contributed by atoms with Crippen molar-refractivity contribution in [1.82, 2.24) is 9.55 Å². The van der Waals surface area contributed by atoms with Crippen LogP contribution in [0.15, 0.2) is 36.8 Å². The predicted octanol–water partition coefficient (Wildman–Crippen LogP) is 2.76. The first-order valence-corrected chi connectivity index (χ1v) is 4.71. The highest BCUT2D eigenvalue weighted by Crippen LogP contribution is 2.10. The van der Waals surface area contributed by atoms with Gasteiger partial charge in [-0.2, -0.15) is 0 Å². The van der Waals surface area contributed by atoms with E-state index < -0.39 is 0 Å². The molecule has 0 fully saturated rings. The van der Waals surface area contributed by atoms with E-state index in [4.69, 9.17) is 0 Å². The molecule has 1 N–H and O–H groups in total. The maximum Gasteiger partial charge on any atom is 0.114 e. The average molecular weight is 174 g/mol. The van der Waals surface area contributed by atoms with E-state index >= 15 is 0 Å². The lowest BCUT2D eigenvalue weighted by atomic mass is 10.2. The molecule has 2 heteroatoms. The highest BCUT2D eigenvalue weighted by molar-refractivity contribution is 5.29. The minimum Gasteiger partial charge on any atom is -0.348 e. The maximum absolute atomic E-state index is 3.26. The van der Waals surface area contributed by atoms with Crippen LogP contribution in [0.2, 0.25) is 0 Å². The molecule has 2 aromatic rings. The third kappa shape index (κ3) is 1.66. The number of aryl methyl sites for hydroxylation is 1. The molecule has 2 nitrogen and oxygen atoms in total. The van der Waals surface area contributed by atoms with Gasteiger partial charge >= 0.3 is 0 Å². The number of aromatic nitrogens is 2. The SMILES string of the molecule is CCCc1c[nH]c(-n2cccc2)c1. The first-order valence-electron chi connectivity index (χ1n) is 4.71. The summed E-state index contributed by atoms with van der Waals surface area (Å²) in [5, 5.41) is 0. The highest BCUT2D eigenvalue weighted by atomic mass is 15.0. The summed E-state index contributed by atoms with van der Waals surface area (Å²) in [5.74, 6) is 1.15. The van der Waals surface area contributed by atoms with Crippen LogP contribution < -0.4 is 0 Å². The van der Waals surface area contributed by atoms with Gasteiger partial charge in [0.1, 0.15) is 5.82 Å². The van der Waals surface area contributed by atoms with Crippen molar-refractivity contribution in [2.45, 2.75) is 19.8 Å². The molecule has 2 rings (SSSR count). The first kappa shape index (κ1) is 8.17. The van der Waals surface area contributed by atoms with Crippen LogP contribution in [-0.4, -0.2) is 9.55 Å². The van der Waals surface area contributed by atoms with Crippen LogP contribution in [0.25, 0.3) is 5.82 Å². The lowest BCUT2D eigenvalue weighted by Gasteiger charge is -1.95. The third-order valence-corrected chi connectivity index (χ3v) is 2.15. The van der Waals surface area contributed by atoms with Gasteiger partial charge in [-0.3, -0.25) is 0 Å². The fraction of sp³-hybridized carbons (Fsp3) is 0.273. The molecule has 0 atom stereocenters. The Hall–Kier alpha value is -1.44. The van der Waals surface area contributed by atoms with Gasteiger partial charge in [-0.1, -0.05) is 13.3 Å². The van der Waals surface area contributed by atoms with Gasteiger partial charge in [-0.05, 0) is 30.2 Å². The number of hydrogen-bond acceptors (Lipinski definition) is 0. The van der Waals surface area contributed by atoms with Crippen molar-refractivity contribution < 1.29 is 0 Å². The van der Waals surface area contributed by atoms with Gasteiger partial charge in [0.15, 0.2) is 0 Å². The molecule has 0 saturated carbocycles. The van der Waals surface area contributed by atoms with Gasteiger partial charge in [-0.25, -0.2) is 0 Å². The van der Waals surface area contributed by atoms with Crippen LogP contribution in [0.1, 0.15) is 18.9 Å². The third-order valence-electron chi connectivity index (χ3n) is 2.15. The van der Waals surface area contributed by atoms with Crippen molar-refractivity contribution in [3.05, 3.63) is 42.4 Å². The number of aromatic amines is 1. The molecule has 68 valence electrons. The largest absolute Gasteiger partial charge is 0.348 e. The van der Waals surface area contributed by atoms with Crippen LogP contribution in [0.3, 0.4) is 0 Å². The molecule has 0 saturated heterocycles. The fourth-order valence-electron chi connectivity index (χ4n) is 1.50. The second-order valence-corrected chi connectivity index (χ2v) is 3.23. The van der Waals surface area contributed by atoms with E-state index in [0.29, 0.717) is 0 Å². The van der Waals surface area contributed by atoms with Gasteiger partial charge in [0.25, 0.3) is 0 Å². The zero-order valence-electron chi connectivity index (χ0n) is 7.83. The average Bonchev–Trinajstić information content (AvgIpc) is 2.70. The summed E-state index contributed by atoms with van der Waals surface area (Å²) in [5.41, 5.74) is 1.38. The predicted molar refractivity (Wildman–Crippen MR) is 54.1 cm³/mol. The summed E-state index contributed by atoms with van der Waals surface area (Å²) >= 11 is 0. The van der Waals surface area contributed by atoms with Crippen LogP contribution in [-0.2, 0) is 6.42 Å². The molecule has 0 radical (unpaired) electrons. The molecule has 0 aliphatic heterocycles. The Morgan fingerprint density at radius 3 is 2.77 bits per heavy atom. The van der Waals surface area contributed by atoms with Gasteiger partial charge in [0, 0.05) is 18.6 Å². The number of nitrogens with one attached hydrogen (secondary N) is 1.